The molecule has 0 radical (unpaired) electrons. The maximum absolute atomic E-state index is 14.4. The van der Waals surface area contributed by atoms with Gasteiger partial charge in [-0.15, -0.1) is 13.2 Å². The van der Waals surface area contributed by atoms with E-state index in [0.717, 1.165) is 17.5 Å². The molecule has 1 saturated carbocycles. The Labute approximate surface area is 195 Å². The van der Waals surface area contributed by atoms with Gasteiger partial charge in [0.05, 0.1) is 0 Å². The first-order valence-corrected chi connectivity index (χ1v) is 11.5. The summed E-state index contributed by atoms with van der Waals surface area (Å²) in [6.45, 7) is 2.24. The van der Waals surface area contributed by atoms with E-state index in [1.165, 1.54) is 62.3 Å². The van der Waals surface area contributed by atoms with Gasteiger partial charge in [0, 0.05) is 16.5 Å². The van der Waals surface area contributed by atoms with Gasteiger partial charge in [-0.3, -0.25) is 0 Å². The van der Waals surface area contributed by atoms with Crippen LogP contribution in [-0.2, 0) is 0 Å². The molecular formula is C28H25F5O. The summed E-state index contributed by atoms with van der Waals surface area (Å²) in [5.74, 6) is 3.17. The maximum Gasteiger partial charge on any atom is 0.573 e. The number of hydrogen-bond donors (Lipinski definition) is 0. The third-order valence-electron chi connectivity index (χ3n) is 6.48. The molecule has 1 nitrogen and oxygen atoms in total. The lowest BCUT2D eigenvalue weighted by atomic mass is 9.77. The van der Waals surface area contributed by atoms with Gasteiger partial charge < -0.3 is 4.74 Å². The predicted octanol–water partition coefficient (Wildman–Crippen LogP) is 8.49. The Balaban J connectivity index is 1.49. The van der Waals surface area contributed by atoms with Gasteiger partial charge in [-0.2, -0.15) is 0 Å². The van der Waals surface area contributed by atoms with Gasteiger partial charge in [0.2, 0.25) is 5.75 Å². The SMILES string of the molecule is CCC[C@H]1CC[C@H](c2ccc(C#Cc3ccc4c(F)c(OC(F)(F)F)c(F)cc4c3)cc2)CC1. The molecule has 0 atom stereocenters. The highest BCUT2D eigenvalue weighted by molar-refractivity contribution is 5.86. The minimum atomic E-state index is -5.19. The van der Waals surface area contributed by atoms with E-state index in [0.29, 0.717) is 11.5 Å². The molecule has 3 aromatic carbocycles. The van der Waals surface area contributed by atoms with E-state index in [-0.39, 0.29) is 10.8 Å². The van der Waals surface area contributed by atoms with E-state index in [1.807, 2.05) is 12.1 Å². The van der Waals surface area contributed by atoms with Crippen LogP contribution < -0.4 is 4.74 Å². The third-order valence-corrected chi connectivity index (χ3v) is 6.48. The van der Waals surface area contributed by atoms with Crippen LogP contribution in [0.25, 0.3) is 10.8 Å². The van der Waals surface area contributed by atoms with Crippen molar-refractivity contribution < 1.29 is 26.7 Å². The Hall–Kier alpha value is -3.07. The van der Waals surface area contributed by atoms with E-state index in [1.54, 1.807) is 0 Å². The fourth-order valence-corrected chi connectivity index (χ4v) is 4.77. The van der Waals surface area contributed by atoms with Gasteiger partial charge in [-0.05, 0) is 78.8 Å². The summed E-state index contributed by atoms with van der Waals surface area (Å²) in [5, 5.41) is -0.0745. The molecule has 0 bridgehead atoms. The van der Waals surface area contributed by atoms with Gasteiger partial charge in [0.25, 0.3) is 0 Å². The minimum absolute atomic E-state index is 0.102. The number of fused-ring (bicyclic) bond motifs is 1. The van der Waals surface area contributed by atoms with Crippen molar-refractivity contribution in [2.45, 2.75) is 57.7 Å². The highest BCUT2D eigenvalue weighted by Crippen LogP contribution is 2.37. The molecule has 34 heavy (non-hydrogen) atoms. The van der Waals surface area contributed by atoms with Crippen LogP contribution in [0.2, 0.25) is 0 Å². The lowest BCUT2D eigenvalue weighted by Gasteiger charge is -2.28. The molecule has 0 spiro atoms. The van der Waals surface area contributed by atoms with Crippen LogP contribution in [0.15, 0.2) is 48.5 Å². The van der Waals surface area contributed by atoms with Crippen molar-refractivity contribution in [1.82, 2.24) is 0 Å². The van der Waals surface area contributed by atoms with Gasteiger partial charge in [-0.1, -0.05) is 49.8 Å². The van der Waals surface area contributed by atoms with Crippen LogP contribution in [0.4, 0.5) is 22.0 Å². The monoisotopic (exact) mass is 472 g/mol. The van der Waals surface area contributed by atoms with Crippen molar-refractivity contribution in [3.05, 3.63) is 76.9 Å². The zero-order chi connectivity index (χ0) is 24.3. The Bertz CT molecular complexity index is 1210. The van der Waals surface area contributed by atoms with Crippen molar-refractivity contribution in [2.75, 3.05) is 0 Å². The molecule has 0 aromatic heterocycles. The maximum atomic E-state index is 14.4. The summed E-state index contributed by atoms with van der Waals surface area (Å²) in [5.41, 5.74) is 2.64. The van der Waals surface area contributed by atoms with Crippen molar-refractivity contribution in [3.8, 4) is 17.6 Å². The van der Waals surface area contributed by atoms with Crippen LogP contribution in [-0.4, -0.2) is 6.36 Å². The molecule has 178 valence electrons. The van der Waals surface area contributed by atoms with Crippen molar-refractivity contribution in [3.63, 3.8) is 0 Å². The largest absolute Gasteiger partial charge is 0.573 e. The molecule has 0 aliphatic heterocycles. The van der Waals surface area contributed by atoms with E-state index < -0.39 is 23.7 Å². The van der Waals surface area contributed by atoms with Gasteiger partial charge in [0.15, 0.2) is 11.6 Å². The first kappa shape index (κ1) is 24.1. The smallest absolute Gasteiger partial charge is 0.399 e. The lowest BCUT2D eigenvalue weighted by molar-refractivity contribution is -0.276. The van der Waals surface area contributed by atoms with E-state index in [9.17, 15) is 22.0 Å². The Morgan fingerprint density at radius 3 is 2.18 bits per heavy atom. The molecule has 1 aliphatic rings. The normalized spacial score (nSPS) is 18.4. The summed E-state index contributed by atoms with van der Waals surface area (Å²) in [6, 6.07) is 13.2. The summed E-state index contributed by atoms with van der Waals surface area (Å²) in [4.78, 5) is 0. The van der Waals surface area contributed by atoms with Crippen molar-refractivity contribution in [1.29, 1.82) is 0 Å². The molecule has 0 unspecified atom stereocenters. The predicted molar refractivity (Wildman–Crippen MR) is 123 cm³/mol. The highest BCUT2D eigenvalue weighted by atomic mass is 19.4. The Morgan fingerprint density at radius 2 is 1.53 bits per heavy atom. The average molecular weight is 472 g/mol. The van der Waals surface area contributed by atoms with E-state index >= 15 is 0 Å². The number of rotatable bonds is 4. The Kier molecular flexibility index (Phi) is 7.11. The second kappa shape index (κ2) is 10.0. The third kappa shape index (κ3) is 5.70. The minimum Gasteiger partial charge on any atom is -0.399 e. The summed E-state index contributed by atoms with van der Waals surface area (Å²) < 4.78 is 69.2. The first-order valence-electron chi connectivity index (χ1n) is 11.5. The Morgan fingerprint density at radius 1 is 0.882 bits per heavy atom. The fourth-order valence-electron chi connectivity index (χ4n) is 4.77. The number of benzene rings is 3. The number of ether oxygens (including phenoxy) is 1. The molecule has 4 rings (SSSR count). The molecule has 0 heterocycles. The van der Waals surface area contributed by atoms with Crippen LogP contribution in [0.1, 0.15) is 68.1 Å². The molecule has 6 heteroatoms. The van der Waals surface area contributed by atoms with Gasteiger partial charge in [0.1, 0.15) is 0 Å². The zero-order valence-electron chi connectivity index (χ0n) is 18.8. The summed E-state index contributed by atoms with van der Waals surface area (Å²) >= 11 is 0. The van der Waals surface area contributed by atoms with Crippen LogP contribution >= 0.6 is 0 Å². The zero-order valence-corrected chi connectivity index (χ0v) is 18.8. The van der Waals surface area contributed by atoms with Crippen LogP contribution in [0.3, 0.4) is 0 Å². The lowest BCUT2D eigenvalue weighted by Crippen LogP contribution is -2.19. The van der Waals surface area contributed by atoms with Crippen LogP contribution in [0, 0.1) is 29.4 Å². The fraction of sp³-hybridized carbons (Fsp3) is 0.357. The van der Waals surface area contributed by atoms with E-state index in [2.05, 4.69) is 35.6 Å². The second-order valence-electron chi connectivity index (χ2n) is 8.86. The number of alkyl halides is 3. The quantitative estimate of drug-likeness (QED) is 0.273. The van der Waals surface area contributed by atoms with Crippen molar-refractivity contribution in [2.24, 2.45) is 5.92 Å². The molecule has 1 fully saturated rings. The molecule has 0 amide bonds. The first-order chi connectivity index (χ1) is 16.2. The second-order valence-corrected chi connectivity index (χ2v) is 8.86. The topological polar surface area (TPSA) is 9.23 Å². The number of hydrogen-bond acceptors (Lipinski definition) is 1. The molecule has 0 saturated heterocycles. The summed E-state index contributed by atoms with van der Waals surface area (Å²) in [7, 11) is 0. The summed E-state index contributed by atoms with van der Waals surface area (Å²) in [6.07, 6.45) is 2.38. The van der Waals surface area contributed by atoms with Gasteiger partial charge >= 0.3 is 6.36 Å². The molecule has 1 aliphatic carbocycles. The molecule has 0 N–H and O–H groups in total. The van der Waals surface area contributed by atoms with Gasteiger partial charge in [-0.25, -0.2) is 8.78 Å². The molecule has 3 aromatic rings. The highest BCUT2D eigenvalue weighted by Gasteiger charge is 2.34. The van der Waals surface area contributed by atoms with Crippen molar-refractivity contribution >= 4 is 10.8 Å². The van der Waals surface area contributed by atoms with E-state index in [4.69, 9.17) is 0 Å². The number of halogens is 5. The standard InChI is InChI=1S/C28H25F5O/c1-2-3-18-6-11-21(12-7-18)22-13-8-19(9-14-22)4-5-20-10-15-24-23(16-20)17-25(29)27(26(24)30)34-28(31,32)33/h8-10,13-18,21H,2-3,6-7,11-12H2,1H3/t18-,21-. The average Bonchev–Trinajstić information content (AvgIpc) is 2.81. The molecular weight excluding hydrogens is 447 g/mol. The van der Waals surface area contributed by atoms with Crippen LogP contribution in [0.5, 0.6) is 5.75 Å².